The summed E-state index contributed by atoms with van der Waals surface area (Å²) < 4.78 is 11.4. The molecule has 8 heteroatoms. The maximum absolute atomic E-state index is 13.0. The fourth-order valence-electron chi connectivity index (χ4n) is 4.07. The third kappa shape index (κ3) is 6.09. The largest absolute Gasteiger partial charge is 0.474 e. The van der Waals surface area contributed by atoms with Crippen LogP contribution in [0.25, 0.3) is 0 Å². The molecule has 2 fully saturated rings. The number of hydrogen-bond acceptors (Lipinski definition) is 6. The molecular formula is C23H32N4O4. The van der Waals surface area contributed by atoms with E-state index >= 15 is 0 Å². The molecule has 1 unspecified atom stereocenters. The van der Waals surface area contributed by atoms with E-state index in [4.69, 9.17) is 14.7 Å². The van der Waals surface area contributed by atoms with Crippen molar-refractivity contribution >= 4 is 12.0 Å². The van der Waals surface area contributed by atoms with Crippen LogP contribution in [0.4, 0.5) is 4.79 Å². The van der Waals surface area contributed by atoms with E-state index in [0.29, 0.717) is 43.9 Å². The summed E-state index contributed by atoms with van der Waals surface area (Å²) in [4.78, 5) is 33.0. The van der Waals surface area contributed by atoms with E-state index in [9.17, 15) is 9.59 Å². The predicted molar refractivity (Wildman–Crippen MR) is 114 cm³/mol. The van der Waals surface area contributed by atoms with Crippen LogP contribution < -0.4 is 4.74 Å². The lowest BCUT2D eigenvalue weighted by Gasteiger charge is -2.34. The predicted octanol–water partition coefficient (Wildman–Crippen LogP) is 3.22. The fraction of sp³-hybridized carbons (Fsp3) is 0.652. The second-order valence-electron chi connectivity index (χ2n) is 9.39. The standard InChI is InChI=1S/C23H32N4O4/c1-16(30-20-6-5-17(13-24)14-25-20)19-9-12-27(15-19)21(28)18-7-10-26(11-8-18)22(29)31-23(2,3)4/h5-6,14,16,18-19H,7-12,15H2,1-4H3/t16-,19?/m0/s1. The monoisotopic (exact) mass is 428 g/mol. The number of carbonyl (C=O) groups is 2. The minimum atomic E-state index is -0.514. The normalized spacial score (nSPS) is 20.8. The Labute approximate surface area is 184 Å². The molecule has 2 aliphatic heterocycles. The van der Waals surface area contributed by atoms with Gasteiger partial charge >= 0.3 is 6.09 Å². The van der Waals surface area contributed by atoms with E-state index in [1.165, 1.54) is 6.20 Å². The molecular weight excluding hydrogens is 396 g/mol. The van der Waals surface area contributed by atoms with E-state index < -0.39 is 5.60 Å². The summed E-state index contributed by atoms with van der Waals surface area (Å²) in [5.41, 5.74) is -0.0178. The number of rotatable bonds is 4. The second-order valence-corrected chi connectivity index (χ2v) is 9.39. The lowest BCUT2D eigenvalue weighted by atomic mass is 9.95. The van der Waals surface area contributed by atoms with Crippen LogP contribution in [0, 0.1) is 23.2 Å². The van der Waals surface area contributed by atoms with Crippen molar-refractivity contribution in [2.24, 2.45) is 11.8 Å². The molecule has 2 amide bonds. The van der Waals surface area contributed by atoms with Crippen LogP contribution in [0.3, 0.4) is 0 Å². The van der Waals surface area contributed by atoms with Crippen molar-refractivity contribution in [1.29, 1.82) is 5.26 Å². The van der Waals surface area contributed by atoms with Gasteiger partial charge in [0.15, 0.2) is 0 Å². The van der Waals surface area contributed by atoms with Crippen LogP contribution in [-0.4, -0.2) is 64.7 Å². The van der Waals surface area contributed by atoms with Crippen LogP contribution in [0.1, 0.15) is 52.5 Å². The molecule has 2 atom stereocenters. The summed E-state index contributed by atoms with van der Waals surface area (Å²) in [7, 11) is 0. The smallest absolute Gasteiger partial charge is 0.410 e. The molecule has 2 aliphatic rings. The number of aromatic nitrogens is 1. The molecule has 0 spiro atoms. The SMILES string of the molecule is C[C@H](Oc1ccc(C#N)cn1)C1CCN(C(=O)C2CCN(C(=O)OC(C)(C)C)CC2)C1. The van der Waals surface area contributed by atoms with Crippen LogP contribution in [0.5, 0.6) is 5.88 Å². The number of carbonyl (C=O) groups excluding carboxylic acids is 2. The van der Waals surface area contributed by atoms with Gasteiger partial charge in [-0.1, -0.05) is 0 Å². The van der Waals surface area contributed by atoms with Gasteiger partial charge in [0, 0.05) is 50.3 Å². The molecule has 31 heavy (non-hydrogen) atoms. The zero-order valence-electron chi connectivity index (χ0n) is 18.8. The minimum Gasteiger partial charge on any atom is -0.474 e. The Morgan fingerprint density at radius 1 is 1.16 bits per heavy atom. The second kappa shape index (κ2) is 9.54. The van der Waals surface area contributed by atoms with Crippen molar-refractivity contribution < 1.29 is 19.1 Å². The van der Waals surface area contributed by atoms with Gasteiger partial charge in [0.25, 0.3) is 0 Å². The zero-order valence-corrected chi connectivity index (χ0v) is 18.8. The molecule has 168 valence electrons. The summed E-state index contributed by atoms with van der Waals surface area (Å²) in [6.45, 7) is 10.1. The summed E-state index contributed by atoms with van der Waals surface area (Å²) in [6, 6.07) is 5.42. The Kier molecular flexibility index (Phi) is 7.04. The molecule has 0 aromatic carbocycles. The average Bonchev–Trinajstić information content (AvgIpc) is 3.23. The summed E-state index contributed by atoms with van der Waals surface area (Å²) in [5, 5.41) is 8.86. The van der Waals surface area contributed by atoms with Crippen molar-refractivity contribution in [2.45, 2.75) is 58.7 Å². The average molecular weight is 429 g/mol. The van der Waals surface area contributed by atoms with Gasteiger partial charge in [-0.15, -0.1) is 0 Å². The highest BCUT2D eigenvalue weighted by molar-refractivity contribution is 5.79. The molecule has 0 N–H and O–H groups in total. The Balaban J connectivity index is 1.46. The molecule has 0 saturated carbocycles. The molecule has 3 rings (SSSR count). The molecule has 1 aromatic heterocycles. The summed E-state index contributed by atoms with van der Waals surface area (Å²) >= 11 is 0. The first kappa shape index (κ1) is 22.9. The molecule has 0 aliphatic carbocycles. The fourth-order valence-corrected chi connectivity index (χ4v) is 4.07. The first-order valence-corrected chi connectivity index (χ1v) is 11.0. The molecule has 0 bridgehead atoms. The van der Waals surface area contributed by atoms with E-state index in [-0.39, 0.29) is 29.9 Å². The van der Waals surface area contributed by atoms with Crippen LogP contribution in [0.15, 0.2) is 18.3 Å². The highest BCUT2D eigenvalue weighted by atomic mass is 16.6. The van der Waals surface area contributed by atoms with Gasteiger partial charge in [-0.25, -0.2) is 9.78 Å². The van der Waals surface area contributed by atoms with E-state index in [1.54, 1.807) is 17.0 Å². The Morgan fingerprint density at radius 3 is 2.42 bits per heavy atom. The third-order valence-corrected chi connectivity index (χ3v) is 5.87. The van der Waals surface area contributed by atoms with Crippen molar-refractivity contribution in [3.63, 3.8) is 0 Å². The number of piperidine rings is 1. The van der Waals surface area contributed by atoms with Crippen molar-refractivity contribution in [3.05, 3.63) is 23.9 Å². The number of amides is 2. The number of likely N-dealkylation sites (tertiary alicyclic amines) is 2. The molecule has 2 saturated heterocycles. The van der Waals surface area contributed by atoms with E-state index in [0.717, 1.165) is 13.0 Å². The third-order valence-electron chi connectivity index (χ3n) is 5.87. The molecule has 8 nitrogen and oxygen atoms in total. The maximum Gasteiger partial charge on any atom is 0.410 e. The van der Waals surface area contributed by atoms with Gasteiger partial charge in [-0.2, -0.15) is 5.26 Å². The lowest BCUT2D eigenvalue weighted by molar-refractivity contribution is -0.136. The number of ether oxygens (including phenoxy) is 2. The van der Waals surface area contributed by atoms with Crippen LogP contribution >= 0.6 is 0 Å². The Bertz CT molecular complexity index is 819. The van der Waals surface area contributed by atoms with Gasteiger partial charge < -0.3 is 19.3 Å². The van der Waals surface area contributed by atoms with Gasteiger partial charge in [-0.05, 0) is 53.0 Å². The number of pyridine rings is 1. The lowest BCUT2D eigenvalue weighted by Crippen LogP contribution is -2.45. The zero-order chi connectivity index (χ0) is 22.6. The van der Waals surface area contributed by atoms with Gasteiger partial charge in [-0.3, -0.25) is 4.79 Å². The highest BCUT2D eigenvalue weighted by Gasteiger charge is 2.36. The number of nitriles is 1. The first-order valence-electron chi connectivity index (χ1n) is 11.0. The van der Waals surface area contributed by atoms with Crippen molar-refractivity contribution in [1.82, 2.24) is 14.8 Å². The van der Waals surface area contributed by atoms with Crippen molar-refractivity contribution in [3.8, 4) is 11.9 Å². The summed E-state index contributed by atoms with van der Waals surface area (Å²) in [6.07, 6.45) is 3.34. The number of hydrogen-bond donors (Lipinski definition) is 0. The highest BCUT2D eigenvalue weighted by Crippen LogP contribution is 2.27. The Hall–Kier alpha value is -2.82. The van der Waals surface area contributed by atoms with Gasteiger partial charge in [0.2, 0.25) is 11.8 Å². The van der Waals surface area contributed by atoms with Gasteiger partial charge in [0.1, 0.15) is 17.8 Å². The van der Waals surface area contributed by atoms with Crippen LogP contribution in [-0.2, 0) is 9.53 Å². The summed E-state index contributed by atoms with van der Waals surface area (Å²) in [5.74, 6) is 0.859. The molecule has 3 heterocycles. The molecule has 1 aromatic rings. The minimum absolute atomic E-state index is 0.0474. The first-order chi connectivity index (χ1) is 14.7. The maximum atomic E-state index is 13.0. The molecule has 0 radical (unpaired) electrons. The van der Waals surface area contributed by atoms with Gasteiger partial charge in [0.05, 0.1) is 5.56 Å². The topological polar surface area (TPSA) is 95.8 Å². The van der Waals surface area contributed by atoms with Crippen molar-refractivity contribution in [2.75, 3.05) is 26.2 Å². The van der Waals surface area contributed by atoms with E-state index in [2.05, 4.69) is 4.98 Å². The Morgan fingerprint density at radius 2 is 1.84 bits per heavy atom. The van der Waals surface area contributed by atoms with E-state index in [1.807, 2.05) is 38.7 Å². The number of nitrogens with zero attached hydrogens (tertiary/aromatic N) is 4. The quantitative estimate of drug-likeness (QED) is 0.731. The van der Waals surface area contributed by atoms with Crippen LogP contribution in [0.2, 0.25) is 0 Å².